The van der Waals surface area contributed by atoms with E-state index < -0.39 is 5.97 Å². The summed E-state index contributed by atoms with van der Waals surface area (Å²) in [5.41, 5.74) is 0. The lowest BCUT2D eigenvalue weighted by atomic mass is 9.94. The predicted octanol–water partition coefficient (Wildman–Crippen LogP) is 2.20. The van der Waals surface area contributed by atoms with Crippen molar-refractivity contribution in [2.24, 2.45) is 5.92 Å². The fourth-order valence-electron chi connectivity index (χ4n) is 0.891. The molecule has 0 fully saturated rings. The van der Waals surface area contributed by atoms with Crippen LogP contribution in [-0.2, 0) is 4.79 Å². The van der Waals surface area contributed by atoms with E-state index in [1.807, 2.05) is 13.8 Å². The molecule has 3 heteroatoms. The van der Waals surface area contributed by atoms with E-state index in [0.717, 1.165) is 6.42 Å². The summed E-state index contributed by atoms with van der Waals surface area (Å²) in [7, 11) is 0. The zero-order valence-corrected chi connectivity index (χ0v) is 8.19. The molecular weight excluding hydrogens is 160 g/mol. The Balaban J connectivity index is 3.93. The Morgan fingerprint density at radius 1 is 1.73 bits per heavy atom. The lowest BCUT2D eigenvalue weighted by Gasteiger charge is -2.23. The molecule has 66 valence electrons. The lowest BCUT2D eigenvalue weighted by molar-refractivity contribution is -0.141. The Morgan fingerprint density at radius 3 is 2.45 bits per heavy atom. The van der Waals surface area contributed by atoms with Crippen molar-refractivity contribution in [2.75, 3.05) is 0 Å². The maximum atomic E-state index is 10.5. The highest BCUT2D eigenvalue weighted by atomic mass is 32.1. The zero-order chi connectivity index (χ0) is 9.07. The fourth-order valence-corrected chi connectivity index (χ4v) is 1.17. The third-order valence-corrected chi connectivity index (χ3v) is 2.43. The smallest absolute Gasteiger partial charge is 0.306 e. The van der Waals surface area contributed by atoms with Gasteiger partial charge in [-0.3, -0.25) is 4.79 Å². The summed E-state index contributed by atoms with van der Waals surface area (Å²) < 4.78 is -0.141. The number of rotatable bonds is 4. The first kappa shape index (κ1) is 10.8. The van der Waals surface area contributed by atoms with Crippen molar-refractivity contribution in [3.05, 3.63) is 0 Å². The molecule has 0 aromatic rings. The molecule has 0 rings (SSSR count). The van der Waals surface area contributed by atoms with Gasteiger partial charge in [0.2, 0.25) is 0 Å². The summed E-state index contributed by atoms with van der Waals surface area (Å²) >= 11 is 4.36. The molecule has 2 nitrogen and oxygen atoms in total. The minimum Gasteiger partial charge on any atom is -0.481 e. The first-order valence-corrected chi connectivity index (χ1v) is 4.29. The molecule has 0 spiro atoms. The molecule has 0 bridgehead atoms. The molecule has 0 saturated heterocycles. The van der Waals surface area contributed by atoms with Gasteiger partial charge in [0.1, 0.15) is 0 Å². The van der Waals surface area contributed by atoms with E-state index in [1.165, 1.54) is 0 Å². The second-order valence-electron chi connectivity index (χ2n) is 3.29. The van der Waals surface area contributed by atoms with Crippen LogP contribution in [-0.4, -0.2) is 15.8 Å². The minimum absolute atomic E-state index is 0.141. The summed E-state index contributed by atoms with van der Waals surface area (Å²) in [5.74, 6) is -1.03. The largest absolute Gasteiger partial charge is 0.481 e. The number of hydrogen-bond donors (Lipinski definition) is 2. The Bertz CT molecular complexity index is 143. The van der Waals surface area contributed by atoms with Crippen LogP contribution in [0.25, 0.3) is 0 Å². The molecule has 0 saturated carbocycles. The van der Waals surface area contributed by atoms with E-state index in [2.05, 4.69) is 12.6 Å². The van der Waals surface area contributed by atoms with Gasteiger partial charge in [-0.2, -0.15) is 12.6 Å². The first-order valence-electron chi connectivity index (χ1n) is 3.84. The molecule has 0 aliphatic carbocycles. The Hall–Kier alpha value is -0.180. The van der Waals surface area contributed by atoms with E-state index in [9.17, 15) is 4.79 Å². The zero-order valence-electron chi connectivity index (χ0n) is 7.29. The molecule has 0 aromatic carbocycles. The van der Waals surface area contributed by atoms with Crippen LogP contribution in [0.4, 0.5) is 0 Å². The van der Waals surface area contributed by atoms with Gasteiger partial charge in [0.15, 0.2) is 0 Å². The van der Waals surface area contributed by atoms with Gasteiger partial charge in [-0.25, -0.2) is 0 Å². The Labute approximate surface area is 73.4 Å². The van der Waals surface area contributed by atoms with Gasteiger partial charge in [0.05, 0.1) is 5.92 Å². The molecule has 0 aliphatic heterocycles. The van der Waals surface area contributed by atoms with Gasteiger partial charge >= 0.3 is 5.97 Å². The first-order chi connectivity index (χ1) is 4.89. The molecule has 2 unspecified atom stereocenters. The summed E-state index contributed by atoms with van der Waals surface area (Å²) in [6.07, 6.45) is 1.52. The van der Waals surface area contributed by atoms with E-state index in [1.54, 1.807) is 6.92 Å². The van der Waals surface area contributed by atoms with Crippen LogP contribution in [0.1, 0.15) is 33.6 Å². The minimum atomic E-state index is -0.737. The van der Waals surface area contributed by atoms with Gasteiger partial charge in [0, 0.05) is 4.75 Å². The molecule has 1 N–H and O–H groups in total. The fraction of sp³-hybridized carbons (Fsp3) is 0.875. The third-order valence-electron chi connectivity index (χ3n) is 1.93. The second-order valence-corrected chi connectivity index (χ2v) is 4.37. The summed E-state index contributed by atoms with van der Waals surface area (Å²) in [6.45, 7) is 5.70. The van der Waals surface area contributed by atoms with E-state index in [0.29, 0.717) is 6.42 Å². The number of thiol groups is 1. The van der Waals surface area contributed by atoms with Crippen molar-refractivity contribution in [2.45, 2.75) is 38.4 Å². The number of carbonyl (C=O) groups is 1. The van der Waals surface area contributed by atoms with Crippen molar-refractivity contribution in [1.82, 2.24) is 0 Å². The standard InChI is InChI=1S/C8H16O2S/c1-4-8(3,11)5-6(2)7(9)10/h6,11H,4-5H2,1-3H3,(H,9,10). The average molecular weight is 176 g/mol. The van der Waals surface area contributed by atoms with Crippen LogP contribution in [0.2, 0.25) is 0 Å². The van der Waals surface area contributed by atoms with Gasteiger partial charge < -0.3 is 5.11 Å². The maximum absolute atomic E-state index is 10.5. The Kier molecular flexibility index (Phi) is 3.93. The topological polar surface area (TPSA) is 37.3 Å². The normalized spacial score (nSPS) is 18.9. The van der Waals surface area contributed by atoms with Crippen molar-refractivity contribution in [3.63, 3.8) is 0 Å². The van der Waals surface area contributed by atoms with E-state index >= 15 is 0 Å². The van der Waals surface area contributed by atoms with Gasteiger partial charge in [-0.15, -0.1) is 0 Å². The molecule has 2 atom stereocenters. The van der Waals surface area contributed by atoms with Crippen molar-refractivity contribution in [1.29, 1.82) is 0 Å². The highest BCUT2D eigenvalue weighted by Gasteiger charge is 2.23. The monoisotopic (exact) mass is 176 g/mol. The molecule has 0 amide bonds. The molecule has 0 radical (unpaired) electrons. The van der Waals surface area contributed by atoms with Gasteiger partial charge in [0.25, 0.3) is 0 Å². The van der Waals surface area contributed by atoms with Crippen LogP contribution in [0.15, 0.2) is 0 Å². The van der Waals surface area contributed by atoms with Crippen LogP contribution >= 0.6 is 12.6 Å². The molecule has 0 aliphatic rings. The predicted molar refractivity (Wildman–Crippen MR) is 49.1 cm³/mol. The summed E-state index contributed by atoms with van der Waals surface area (Å²) in [4.78, 5) is 10.5. The van der Waals surface area contributed by atoms with Crippen LogP contribution in [0.3, 0.4) is 0 Å². The highest BCUT2D eigenvalue weighted by Crippen LogP contribution is 2.26. The van der Waals surface area contributed by atoms with E-state index in [-0.39, 0.29) is 10.7 Å². The molecule has 0 aromatic heterocycles. The van der Waals surface area contributed by atoms with Crippen LogP contribution in [0, 0.1) is 5.92 Å². The number of hydrogen-bond acceptors (Lipinski definition) is 2. The number of carboxylic acid groups (broad SMARTS) is 1. The molecule has 11 heavy (non-hydrogen) atoms. The third kappa shape index (κ3) is 4.30. The summed E-state index contributed by atoms with van der Waals surface area (Å²) in [6, 6.07) is 0. The quantitative estimate of drug-likeness (QED) is 0.644. The summed E-state index contributed by atoms with van der Waals surface area (Å²) in [5, 5.41) is 8.61. The number of aliphatic carboxylic acids is 1. The average Bonchev–Trinajstić information content (AvgIpc) is 1.87. The maximum Gasteiger partial charge on any atom is 0.306 e. The lowest BCUT2D eigenvalue weighted by Crippen LogP contribution is -2.23. The van der Waals surface area contributed by atoms with Crippen molar-refractivity contribution in [3.8, 4) is 0 Å². The van der Waals surface area contributed by atoms with Gasteiger partial charge in [-0.05, 0) is 12.8 Å². The van der Waals surface area contributed by atoms with Crippen molar-refractivity contribution < 1.29 is 9.90 Å². The SMILES string of the molecule is CCC(C)(S)CC(C)C(=O)O. The van der Waals surface area contributed by atoms with Crippen LogP contribution < -0.4 is 0 Å². The second kappa shape index (κ2) is 4.00. The van der Waals surface area contributed by atoms with Gasteiger partial charge in [-0.1, -0.05) is 20.8 Å². The highest BCUT2D eigenvalue weighted by molar-refractivity contribution is 7.81. The van der Waals surface area contributed by atoms with Crippen molar-refractivity contribution >= 4 is 18.6 Å². The Morgan fingerprint density at radius 2 is 2.18 bits per heavy atom. The van der Waals surface area contributed by atoms with Crippen LogP contribution in [0.5, 0.6) is 0 Å². The molecule has 0 heterocycles. The number of carboxylic acids is 1. The van der Waals surface area contributed by atoms with E-state index in [4.69, 9.17) is 5.11 Å². The molecular formula is C8H16O2S.